The van der Waals surface area contributed by atoms with Crippen molar-refractivity contribution in [3.8, 4) is 17.0 Å². The topological polar surface area (TPSA) is 137 Å². The van der Waals surface area contributed by atoms with E-state index in [0.29, 0.717) is 23.8 Å². The Hall–Kier alpha value is -4.30. The molecule has 0 radical (unpaired) electrons. The van der Waals surface area contributed by atoms with E-state index in [2.05, 4.69) is 36.9 Å². The zero-order valence-electron chi connectivity index (χ0n) is 23.9. The molecule has 0 amide bonds. The Morgan fingerprint density at radius 2 is 1.64 bits per heavy atom. The third-order valence-electron chi connectivity index (χ3n) is 6.70. The Morgan fingerprint density at radius 1 is 0.977 bits per heavy atom. The molecule has 1 saturated heterocycles. The number of aromatic nitrogens is 2. The van der Waals surface area contributed by atoms with Crippen LogP contribution in [-0.2, 0) is 14.8 Å². The average Bonchev–Trinajstić information content (AvgIpc) is 3.01. The van der Waals surface area contributed by atoms with Crippen LogP contribution in [0.4, 0.5) is 21.6 Å². The number of rotatable bonds is 10. The SMILES string of the molecule is CN1CCN(CCOc2ccc(-c3cc(Nc4ccc(NS(=O)(=O)c5ccc(F)c(Cl)c5)cc4)ncn3)cc2)CC1.O=CO. The van der Waals surface area contributed by atoms with Crippen molar-refractivity contribution >= 4 is 45.3 Å². The lowest BCUT2D eigenvalue weighted by atomic mass is 10.1. The summed E-state index contributed by atoms with van der Waals surface area (Å²) >= 11 is 5.73. The van der Waals surface area contributed by atoms with E-state index >= 15 is 0 Å². The summed E-state index contributed by atoms with van der Waals surface area (Å²) < 4.78 is 47.1. The number of carboxylic acid groups (broad SMARTS) is 1. The Morgan fingerprint density at radius 3 is 2.30 bits per heavy atom. The van der Waals surface area contributed by atoms with Crippen LogP contribution in [0.15, 0.2) is 84.0 Å². The van der Waals surface area contributed by atoms with Gasteiger partial charge < -0.3 is 20.1 Å². The molecule has 44 heavy (non-hydrogen) atoms. The molecule has 1 aromatic heterocycles. The predicted molar refractivity (Wildman–Crippen MR) is 168 cm³/mol. The normalized spacial score (nSPS) is 13.8. The molecule has 0 atom stereocenters. The van der Waals surface area contributed by atoms with E-state index in [1.54, 1.807) is 24.3 Å². The molecular formula is C30H32ClFN6O5S. The highest BCUT2D eigenvalue weighted by atomic mass is 35.5. The molecule has 14 heteroatoms. The highest BCUT2D eigenvalue weighted by molar-refractivity contribution is 7.92. The van der Waals surface area contributed by atoms with Crippen LogP contribution in [0.5, 0.6) is 5.75 Å². The van der Waals surface area contributed by atoms with Crippen LogP contribution >= 0.6 is 11.6 Å². The molecule has 0 bridgehead atoms. The number of hydrogen-bond donors (Lipinski definition) is 3. The van der Waals surface area contributed by atoms with E-state index in [1.807, 2.05) is 30.3 Å². The number of nitrogens with one attached hydrogen (secondary N) is 2. The van der Waals surface area contributed by atoms with Crippen molar-refractivity contribution in [3.63, 3.8) is 0 Å². The number of hydrogen-bond acceptors (Lipinski definition) is 9. The minimum absolute atomic E-state index is 0.134. The molecule has 1 aliphatic rings. The number of carbonyl (C=O) groups is 1. The van der Waals surface area contributed by atoms with Crippen LogP contribution < -0.4 is 14.8 Å². The molecule has 1 aliphatic heterocycles. The highest BCUT2D eigenvalue weighted by Gasteiger charge is 2.16. The van der Waals surface area contributed by atoms with Crippen molar-refractivity contribution in [2.45, 2.75) is 4.90 Å². The Balaban J connectivity index is 0.00000141. The molecule has 232 valence electrons. The van der Waals surface area contributed by atoms with E-state index in [-0.39, 0.29) is 16.4 Å². The van der Waals surface area contributed by atoms with Gasteiger partial charge in [-0.1, -0.05) is 11.6 Å². The van der Waals surface area contributed by atoms with E-state index < -0.39 is 15.8 Å². The lowest BCUT2D eigenvalue weighted by Crippen LogP contribution is -2.45. The molecule has 0 spiro atoms. The van der Waals surface area contributed by atoms with Crippen molar-refractivity contribution in [1.82, 2.24) is 19.8 Å². The quantitative estimate of drug-likeness (QED) is 0.207. The molecule has 3 N–H and O–H groups in total. The van der Waals surface area contributed by atoms with Crippen LogP contribution in [0.1, 0.15) is 0 Å². The minimum Gasteiger partial charge on any atom is -0.492 e. The van der Waals surface area contributed by atoms with Gasteiger partial charge in [-0.3, -0.25) is 14.4 Å². The first-order valence-electron chi connectivity index (χ1n) is 13.6. The van der Waals surface area contributed by atoms with Crippen molar-refractivity contribution in [1.29, 1.82) is 0 Å². The van der Waals surface area contributed by atoms with E-state index in [1.165, 1.54) is 6.33 Å². The standard InChI is InChI=1S/C29H30ClFN6O3S.CH2O2/c1-36-12-14-37(15-13-36)16-17-40-24-8-2-21(3-9-24)28-19-29(33-20-32-28)34-22-4-6-23(7-5-22)35-41(38,39)25-10-11-27(31)26(30)18-25;2-1-3/h2-11,18-20,35H,12-17H2,1H3,(H,32,33,34);1H,(H,2,3). The zero-order valence-corrected chi connectivity index (χ0v) is 25.4. The van der Waals surface area contributed by atoms with Crippen LogP contribution in [0.25, 0.3) is 11.3 Å². The predicted octanol–water partition coefficient (Wildman–Crippen LogP) is 4.81. The van der Waals surface area contributed by atoms with E-state index in [0.717, 1.165) is 67.9 Å². The summed E-state index contributed by atoms with van der Waals surface area (Å²) in [5.74, 6) is 0.706. The number of sulfonamides is 1. The molecular weight excluding hydrogens is 611 g/mol. The van der Waals surface area contributed by atoms with Gasteiger partial charge >= 0.3 is 0 Å². The minimum atomic E-state index is -3.93. The van der Waals surface area contributed by atoms with Crippen LogP contribution in [-0.4, -0.2) is 86.1 Å². The number of anilines is 3. The largest absolute Gasteiger partial charge is 0.492 e. The summed E-state index contributed by atoms with van der Waals surface area (Å²) in [5, 5.41) is 9.83. The fourth-order valence-electron chi connectivity index (χ4n) is 4.30. The number of benzene rings is 3. The maximum absolute atomic E-state index is 13.4. The van der Waals surface area contributed by atoms with Crippen molar-refractivity contribution in [2.75, 3.05) is 56.4 Å². The average molecular weight is 643 g/mol. The van der Waals surface area contributed by atoms with Gasteiger partial charge in [0.25, 0.3) is 16.5 Å². The van der Waals surface area contributed by atoms with Gasteiger partial charge in [0, 0.05) is 55.7 Å². The first-order chi connectivity index (χ1) is 21.2. The number of piperazine rings is 1. The monoisotopic (exact) mass is 642 g/mol. The molecule has 0 saturated carbocycles. The molecule has 1 fully saturated rings. The summed E-state index contributed by atoms with van der Waals surface area (Å²) in [6, 6.07) is 19.5. The summed E-state index contributed by atoms with van der Waals surface area (Å²) in [4.78, 5) is 21.7. The smallest absolute Gasteiger partial charge is 0.290 e. The molecule has 0 aliphatic carbocycles. The van der Waals surface area contributed by atoms with Crippen molar-refractivity contribution in [2.24, 2.45) is 0 Å². The third-order valence-corrected chi connectivity index (χ3v) is 8.37. The third kappa shape index (κ3) is 9.35. The van der Waals surface area contributed by atoms with Crippen LogP contribution in [0.2, 0.25) is 5.02 Å². The molecule has 0 unspecified atom stereocenters. The number of nitrogens with zero attached hydrogens (tertiary/aromatic N) is 4. The van der Waals surface area contributed by atoms with Gasteiger partial charge in [0.05, 0.1) is 15.6 Å². The number of likely N-dealkylation sites (N-methyl/N-ethyl adjacent to an activating group) is 1. The molecule has 2 heterocycles. The maximum atomic E-state index is 13.4. The van der Waals surface area contributed by atoms with Gasteiger partial charge in [0.2, 0.25) is 0 Å². The summed E-state index contributed by atoms with van der Waals surface area (Å²) in [6.07, 6.45) is 1.48. The number of halogens is 2. The van der Waals surface area contributed by atoms with Gasteiger partial charge in [-0.25, -0.2) is 22.8 Å². The van der Waals surface area contributed by atoms with Gasteiger partial charge in [-0.05, 0) is 73.8 Å². The summed E-state index contributed by atoms with van der Waals surface area (Å²) in [7, 11) is -1.78. The molecule has 4 aromatic rings. The van der Waals surface area contributed by atoms with E-state index in [4.69, 9.17) is 26.2 Å². The summed E-state index contributed by atoms with van der Waals surface area (Å²) in [6.45, 7) is 5.62. The fourth-order valence-corrected chi connectivity index (χ4v) is 5.63. The zero-order chi connectivity index (χ0) is 31.5. The second-order valence-corrected chi connectivity index (χ2v) is 11.9. The van der Waals surface area contributed by atoms with E-state index in [9.17, 15) is 12.8 Å². The first kappa shape index (κ1) is 32.6. The Labute approximate surface area is 260 Å². The van der Waals surface area contributed by atoms with Gasteiger partial charge in [-0.15, -0.1) is 0 Å². The van der Waals surface area contributed by atoms with Gasteiger partial charge in [0.15, 0.2) is 0 Å². The van der Waals surface area contributed by atoms with Gasteiger partial charge in [0.1, 0.15) is 30.3 Å². The lowest BCUT2D eigenvalue weighted by Gasteiger charge is -2.32. The molecule has 11 nitrogen and oxygen atoms in total. The van der Waals surface area contributed by atoms with Crippen molar-refractivity contribution < 1.29 is 27.4 Å². The van der Waals surface area contributed by atoms with Crippen molar-refractivity contribution in [3.05, 3.63) is 90.0 Å². The fraction of sp³-hybridized carbons (Fsp3) is 0.233. The second-order valence-electron chi connectivity index (χ2n) is 9.80. The maximum Gasteiger partial charge on any atom is 0.290 e. The molecule has 3 aromatic carbocycles. The lowest BCUT2D eigenvalue weighted by molar-refractivity contribution is -0.122. The first-order valence-corrected chi connectivity index (χ1v) is 15.4. The number of ether oxygens (including phenoxy) is 1. The van der Waals surface area contributed by atoms with Crippen LogP contribution in [0.3, 0.4) is 0 Å². The Kier molecular flexibility index (Phi) is 11.4. The highest BCUT2D eigenvalue weighted by Crippen LogP contribution is 2.26. The molecule has 5 rings (SSSR count). The Bertz CT molecular complexity index is 1640. The van der Waals surface area contributed by atoms with Crippen LogP contribution in [0, 0.1) is 5.82 Å². The van der Waals surface area contributed by atoms with Gasteiger partial charge in [-0.2, -0.15) is 0 Å². The summed E-state index contributed by atoms with van der Waals surface area (Å²) in [5.41, 5.74) is 2.71. The second kappa shape index (κ2) is 15.4.